The van der Waals surface area contributed by atoms with Crippen LogP contribution >= 0.6 is 11.6 Å². The van der Waals surface area contributed by atoms with E-state index in [9.17, 15) is 20.0 Å². The van der Waals surface area contributed by atoms with Gasteiger partial charge < -0.3 is 15.5 Å². The van der Waals surface area contributed by atoms with Crippen molar-refractivity contribution in [3.63, 3.8) is 0 Å². The zero-order valence-corrected chi connectivity index (χ0v) is 14.8. The number of nitrogens with zero attached hydrogens (tertiary/aromatic N) is 1. The summed E-state index contributed by atoms with van der Waals surface area (Å²) in [7, 11) is 0. The molecule has 0 saturated heterocycles. The Bertz CT molecular complexity index is 912. The van der Waals surface area contributed by atoms with Crippen LogP contribution in [0.25, 0.3) is 0 Å². The van der Waals surface area contributed by atoms with E-state index in [1.165, 1.54) is 24.3 Å². The fraction of sp³-hybridized carbons (Fsp3) is 0.278. The predicted octanol–water partition coefficient (Wildman–Crippen LogP) is 4.17. The summed E-state index contributed by atoms with van der Waals surface area (Å²) in [4.78, 5) is 21.8. The van der Waals surface area contributed by atoms with E-state index < -0.39 is 28.5 Å². The van der Waals surface area contributed by atoms with Gasteiger partial charge in [-0.05, 0) is 29.8 Å². The van der Waals surface area contributed by atoms with Crippen LogP contribution in [0.2, 0.25) is 5.02 Å². The van der Waals surface area contributed by atoms with E-state index in [1.54, 1.807) is 12.1 Å². The molecule has 7 nitrogen and oxygen atoms in total. The number of hydrogen-bond acceptors (Lipinski definition) is 5. The molecule has 2 aromatic rings. The first-order chi connectivity index (χ1) is 12.1. The van der Waals surface area contributed by atoms with Gasteiger partial charge in [0, 0.05) is 22.7 Å². The molecule has 26 heavy (non-hydrogen) atoms. The SMILES string of the molecule is CC1(C)C(O)c2cc(C(=O)O)ccc2NC1c1ccc(Cl)c([N+](=O)[O-])c1. The van der Waals surface area contributed by atoms with Gasteiger partial charge in [0.25, 0.3) is 5.69 Å². The molecular weight excluding hydrogens is 360 g/mol. The van der Waals surface area contributed by atoms with E-state index in [2.05, 4.69) is 5.32 Å². The van der Waals surface area contributed by atoms with Crippen LogP contribution in [0.4, 0.5) is 11.4 Å². The zero-order chi connectivity index (χ0) is 19.2. The van der Waals surface area contributed by atoms with Crippen molar-refractivity contribution in [1.29, 1.82) is 0 Å². The monoisotopic (exact) mass is 376 g/mol. The van der Waals surface area contributed by atoms with Crippen molar-refractivity contribution in [2.45, 2.75) is 26.0 Å². The number of benzene rings is 2. The largest absolute Gasteiger partial charge is 0.478 e. The minimum atomic E-state index is -1.08. The van der Waals surface area contributed by atoms with Crippen molar-refractivity contribution < 1.29 is 19.9 Å². The Morgan fingerprint density at radius 2 is 1.96 bits per heavy atom. The van der Waals surface area contributed by atoms with E-state index in [1.807, 2.05) is 13.8 Å². The molecule has 0 saturated carbocycles. The van der Waals surface area contributed by atoms with Crippen molar-refractivity contribution in [2.75, 3.05) is 5.32 Å². The number of anilines is 1. The molecule has 0 bridgehead atoms. The molecule has 1 heterocycles. The molecule has 136 valence electrons. The highest BCUT2D eigenvalue weighted by Crippen LogP contribution is 2.52. The van der Waals surface area contributed by atoms with E-state index in [0.717, 1.165) is 0 Å². The predicted molar refractivity (Wildman–Crippen MR) is 96.6 cm³/mol. The quantitative estimate of drug-likeness (QED) is 0.547. The number of nitro groups is 1. The molecule has 1 aliphatic rings. The normalized spacial score (nSPS) is 20.8. The summed E-state index contributed by atoms with van der Waals surface area (Å²) >= 11 is 5.89. The van der Waals surface area contributed by atoms with E-state index in [0.29, 0.717) is 16.8 Å². The molecule has 0 aliphatic carbocycles. The lowest BCUT2D eigenvalue weighted by Crippen LogP contribution is -2.38. The third-order valence-corrected chi connectivity index (χ3v) is 5.16. The first-order valence-corrected chi connectivity index (χ1v) is 8.26. The van der Waals surface area contributed by atoms with Gasteiger partial charge in [-0.3, -0.25) is 10.1 Å². The van der Waals surface area contributed by atoms with Crippen molar-refractivity contribution in [2.24, 2.45) is 5.41 Å². The Kier molecular flexibility index (Phi) is 4.37. The van der Waals surface area contributed by atoms with Gasteiger partial charge in [0.15, 0.2) is 0 Å². The average Bonchev–Trinajstić information content (AvgIpc) is 2.58. The molecule has 3 rings (SSSR count). The number of rotatable bonds is 3. The van der Waals surface area contributed by atoms with Crippen molar-refractivity contribution in [1.82, 2.24) is 0 Å². The minimum Gasteiger partial charge on any atom is -0.478 e. The maximum absolute atomic E-state index is 11.2. The molecule has 3 N–H and O–H groups in total. The van der Waals surface area contributed by atoms with Crippen LogP contribution in [-0.4, -0.2) is 21.1 Å². The second-order valence-electron chi connectivity index (χ2n) is 6.88. The first-order valence-electron chi connectivity index (χ1n) is 7.88. The molecule has 2 unspecified atom stereocenters. The van der Waals surface area contributed by atoms with E-state index in [-0.39, 0.29) is 16.3 Å². The molecule has 2 atom stereocenters. The van der Waals surface area contributed by atoms with Gasteiger partial charge in [-0.15, -0.1) is 0 Å². The summed E-state index contributed by atoms with van der Waals surface area (Å²) in [6, 6.07) is 8.58. The van der Waals surface area contributed by atoms with Crippen molar-refractivity contribution in [3.8, 4) is 0 Å². The molecule has 0 radical (unpaired) electrons. The average molecular weight is 377 g/mol. The summed E-state index contributed by atoms with van der Waals surface area (Å²) in [6.45, 7) is 3.62. The summed E-state index contributed by atoms with van der Waals surface area (Å²) in [5, 5.41) is 34.5. The Labute approximate surface area is 154 Å². The van der Waals surface area contributed by atoms with Crippen LogP contribution in [0.15, 0.2) is 36.4 Å². The molecule has 2 aromatic carbocycles. The fourth-order valence-corrected chi connectivity index (χ4v) is 3.50. The smallest absolute Gasteiger partial charge is 0.335 e. The number of fused-ring (bicyclic) bond motifs is 1. The lowest BCUT2D eigenvalue weighted by Gasteiger charge is -2.44. The van der Waals surface area contributed by atoms with Gasteiger partial charge >= 0.3 is 5.97 Å². The summed E-state index contributed by atoms with van der Waals surface area (Å²) < 4.78 is 0. The Hall–Kier alpha value is -2.64. The maximum Gasteiger partial charge on any atom is 0.335 e. The third-order valence-electron chi connectivity index (χ3n) is 4.84. The highest BCUT2D eigenvalue weighted by molar-refractivity contribution is 6.32. The second kappa shape index (κ2) is 6.26. The number of halogens is 1. The number of aliphatic hydroxyl groups is 1. The standard InChI is InChI=1S/C18H17ClN2O5/c1-18(2)15(9-3-5-12(19)14(8-9)21(25)26)20-13-6-4-10(17(23)24)7-11(13)16(18)22/h3-8,15-16,20,22H,1-2H3,(H,23,24). The summed E-state index contributed by atoms with van der Waals surface area (Å²) in [5.74, 6) is -1.08. The molecule has 0 spiro atoms. The summed E-state index contributed by atoms with van der Waals surface area (Å²) in [6.07, 6.45) is -0.960. The summed E-state index contributed by atoms with van der Waals surface area (Å²) in [5.41, 5.74) is 0.799. The molecule has 1 aliphatic heterocycles. The van der Waals surface area contributed by atoms with Crippen LogP contribution in [-0.2, 0) is 0 Å². The topological polar surface area (TPSA) is 113 Å². The third kappa shape index (κ3) is 2.89. The fourth-order valence-electron chi connectivity index (χ4n) is 3.32. The second-order valence-corrected chi connectivity index (χ2v) is 7.28. The van der Waals surface area contributed by atoms with Crippen LogP contribution in [0.5, 0.6) is 0 Å². The number of aliphatic hydroxyl groups excluding tert-OH is 1. The number of carboxylic acids is 1. The van der Waals surface area contributed by atoms with Gasteiger partial charge in [-0.25, -0.2) is 4.79 Å². The van der Waals surface area contributed by atoms with Crippen LogP contribution in [0.1, 0.15) is 47.5 Å². The molecule has 0 fully saturated rings. The van der Waals surface area contributed by atoms with Crippen LogP contribution in [0, 0.1) is 15.5 Å². The van der Waals surface area contributed by atoms with Gasteiger partial charge in [0.05, 0.1) is 22.6 Å². The Morgan fingerprint density at radius 3 is 2.58 bits per heavy atom. The Balaban J connectivity index is 2.09. The first kappa shape index (κ1) is 18.2. The number of aromatic carboxylic acids is 1. The van der Waals surface area contributed by atoms with Crippen LogP contribution < -0.4 is 5.32 Å². The number of carbonyl (C=O) groups is 1. The molecular formula is C18H17ClN2O5. The lowest BCUT2D eigenvalue weighted by atomic mass is 9.70. The van der Waals surface area contributed by atoms with Gasteiger partial charge in [0.1, 0.15) is 5.02 Å². The highest BCUT2D eigenvalue weighted by Gasteiger charge is 2.43. The van der Waals surface area contributed by atoms with Gasteiger partial charge in [-0.1, -0.05) is 31.5 Å². The molecule has 8 heteroatoms. The van der Waals surface area contributed by atoms with Crippen molar-refractivity contribution in [3.05, 3.63) is 68.2 Å². The van der Waals surface area contributed by atoms with E-state index >= 15 is 0 Å². The Morgan fingerprint density at radius 1 is 1.27 bits per heavy atom. The molecule has 0 aromatic heterocycles. The van der Waals surface area contributed by atoms with Crippen molar-refractivity contribution >= 4 is 28.9 Å². The maximum atomic E-state index is 11.2. The number of hydrogen-bond donors (Lipinski definition) is 3. The number of nitrogens with one attached hydrogen (secondary N) is 1. The van der Waals surface area contributed by atoms with E-state index in [4.69, 9.17) is 16.7 Å². The van der Waals surface area contributed by atoms with Gasteiger partial charge in [0.2, 0.25) is 0 Å². The number of nitro benzene ring substituents is 1. The van der Waals surface area contributed by atoms with Crippen LogP contribution in [0.3, 0.4) is 0 Å². The highest BCUT2D eigenvalue weighted by atomic mass is 35.5. The minimum absolute atomic E-state index is 0.0411. The van der Waals surface area contributed by atoms with Gasteiger partial charge in [-0.2, -0.15) is 0 Å². The number of carboxylic acid groups (broad SMARTS) is 1. The zero-order valence-electron chi connectivity index (χ0n) is 14.1. The molecule has 0 amide bonds. The lowest BCUT2D eigenvalue weighted by molar-refractivity contribution is -0.384.